The number of hydrogen-bond donors (Lipinski definition) is 2. The molecular weight excluding hydrogens is 284 g/mol. The lowest BCUT2D eigenvalue weighted by atomic mass is 10.0. The molecule has 1 aromatic carbocycles. The predicted molar refractivity (Wildman–Crippen MR) is 70.7 cm³/mol. The van der Waals surface area contributed by atoms with Crippen LogP contribution in [0.15, 0.2) is 18.2 Å². The number of carbonyl (C=O) groups excluding carboxylic acids is 1. The van der Waals surface area contributed by atoms with Crippen LogP contribution in [0.1, 0.15) is 38.8 Å². The van der Waals surface area contributed by atoms with Crippen LogP contribution in [0.4, 0.5) is 13.6 Å². The van der Waals surface area contributed by atoms with Crippen molar-refractivity contribution in [2.75, 3.05) is 0 Å². The Morgan fingerprint density at radius 1 is 1.24 bits per heavy atom. The maximum Gasteiger partial charge on any atom is 0.408 e. The molecule has 0 fully saturated rings. The molecule has 0 aliphatic rings. The molecule has 5 nitrogen and oxygen atoms in total. The van der Waals surface area contributed by atoms with Gasteiger partial charge in [0.05, 0.1) is 12.5 Å². The number of carbonyl (C=O) groups is 2. The minimum Gasteiger partial charge on any atom is -0.481 e. The first-order valence-electron chi connectivity index (χ1n) is 6.24. The van der Waals surface area contributed by atoms with Crippen molar-refractivity contribution in [2.45, 2.75) is 38.8 Å². The molecule has 0 radical (unpaired) electrons. The molecule has 0 saturated carbocycles. The number of amides is 1. The SMILES string of the molecule is CC(C)(C)OC(=O)N[C@@H](CC(=O)O)c1cc(F)cc(F)c1. The van der Waals surface area contributed by atoms with Crippen LogP contribution in [0.25, 0.3) is 0 Å². The largest absolute Gasteiger partial charge is 0.481 e. The van der Waals surface area contributed by atoms with Gasteiger partial charge >= 0.3 is 12.1 Å². The quantitative estimate of drug-likeness (QED) is 0.896. The third-order valence-electron chi connectivity index (χ3n) is 2.36. The van der Waals surface area contributed by atoms with Crippen molar-refractivity contribution in [1.82, 2.24) is 5.32 Å². The van der Waals surface area contributed by atoms with E-state index in [0.29, 0.717) is 6.07 Å². The van der Waals surface area contributed by atoms with Crippen molar-refractivity contribution in [3.63, 3.8) is 0 Å². The first-order valence-corrected chi connectivity index (χ1v) is 6.24. The fourth-order valence-electron chi connectivity index (χ4n) is 1.65. The zero-order valence-electron chi connectivity index (χ0n) is 11.9. The fraction of sp³-hybridized carbons (Fsp3) is 0.429. The number of rotatable bonds is 4. The summed E-state index contributed by atoms with van der Waals surface area (Å²) >= 11 is 0. The Morgan fingerprint density at radius 2 is 1.76 bits per heavy atom. The Kier molecular flexibility index (Phi) is 5.23. The number of carboxylic acid groups (broad SMARTS) is 1. The number of aliphatic carboxylic acids is 1. The molecule has 1 amide bonds. The Balaban J connectivity index is 2.95. The Morgan fingerprint density at radius 3 is 2.19 bits per heavy atom. The molecule has 0 spiro atoms. The highest BCUT2D eigenvalue weighted by atomic mass is 19.1. The first-order chi connectivity index (χ1) is 9.56. The summed E-state index contributed by atoms with van der Waals surface area (Å²) in [5.74, 6) is -2.93. The minimum atomic E-state index is -1.22. The number of hydrogen-bond acceptors (Lipinski definition) is 3. The molecule has 1 aromatic rings. The van der Waals surface area contributed by atoms with Crippen molar-refractivity contribution in [2.24, 2.45) is 0 Å². The summed E-state index contributed by atoms with van der Waals surface area (Å²) in [4.78, 5) is 22.5. The third-order valence-corrected chi connectivity index (χ3v) is 2.36. The van der Waals surface area contributed by atoms with Crippen LogP contribution >= 0.6 is 0 Å². The van der Waals surface area contributed by atoms with E-state index in [1.807, 2.05) is 0 Å². The number of benzene rings is 1. The van der Waals surface area contributed by atoms with Gasteiger partial charge in [0.1, 0.15) is 17.2 Å². The molecule has 2 N–H and O–H groups in total. The van der Waals surface area contributed by atoms with Crippen molar-refractivity contribution in [3.8, 4) is 0 Å². The van der Waals surface area contributed by atoms with Gasteiger partial charge in [-0.3, -0.25) is 4.79 Å². The number of carboxylic acids is 1. The molecule has 1 rings (SSSR count). The summed E-state index contributed by atoms with van der Waals surface area (Å²) in [6.45, 7) is 4.92. The van der Waals surface area contributed by atoms with Gasteiger partial charge in [-0.1, -0.05) is 0 Å². The van der Waals surface area contributed by atoms with Gasteiger partial charge in [0.25, 0.3) is 0 Å². The van der Waals surface area contributed by atoms with Crippen molar-refractivity contribution < 1.29 is 28.2 Å². The smallest absolute Gasteiger partial charge is 0.408 e. The van der Waals surface area contributed by atoms with Crippen molar-refractivity contribution in [1.29, 1.82) is 0 Å². The number of nitrogens with one attached hydrogen (secondary N) is 1. The maximum absolute atomic E-state index is 13.2. The molecular formula is C14H17F2NO4. The molecule has 0 aromatic heterocycles. The summed E-state index contributed by atoms with van der Waals surface area (Å²) < 4.78 is 31.4. The highest BCUT2D eigenvalue weighted by molar-refractivity contribution is 5.72. The van der Waals surface area contributed by atoms with Crippen LogP contribution in [-0.2, 0) is 9.53 Å². The molecule has 0 heterocycles. The van der Waals surface area contributed by atoms with Crippen LogP contribution in [-0.4, -0.2) is 22.8 Å². The van der Waals surface area contributed by atoms with Crippen LogP contribution in [0, 0.1) is 11.6 Å². The van der Waals surface area contributed by atoms with Gasteiger partial charge < -0.3 is 15.2 Å². The lowest BCUT2D eigenvalue weighted by molar-refractivity contribution is -0.137. The second-order valence-electron chi connectivity index (χ2n) is 5.50. The number of halogens is 2. The molecule has 0 aliphatic carbocycles. The molecule has 7 heteroatoms. The van der Waals surface area contributed by atoms with E-state index in [4.69, 9.17) is 9.84 Å². The third kappa shape index (κ3) is 6.20. The lowest BCUT2D eigenvalue weighted by Gasteiger charge is -2.23. The summed E-state index contributed by atoms with van der Waals surface area (Å²) in [7, 11) is 0. The first kappa shape index (κ1) is 16.9. The average molecular weight is 301 g/mol. The van der Waals surface area contributed by atoms with Crippen molar-refractivity contribution >= 4 is 12.1 Å². The molecule has 21 heavy (non-hydrogen) atoms. The summed E-state index contributed by atoms with van der Waals surface area (Å²) in [6.07, 6.45) is -1.39. The molecule has 0 bridgehead atoms. The van der Waals surface area contributed by atoms with Gasteiger partial charge in [-0.05, 0) is 38.5 Å². The van der Waals surface area contributed by atoms with Crippen molar-refractivity contribution in [3.05, 3.63) is 35.4 Å². The van der Waals surface area contributed by atoms with Crippen LogP contribution in [0.5, 0.6) is 0 Å². The van der Waals surface area contributed by atoms with Gasteiger partial charge in [0.2, 0.25) is 0 Å². The molecule has 0 aliphatic heterocycles. The Labute approximate surface area is 120 Å². The number of ether oxygens (including phenoxy) is 1. The lowest BCUT2D eigenvalue weighted by Crippen LogP contribution is -2.35. The van der Waals surface area contributed by atoms with E-state index in [9.17, 15) is 18.4 Å². The Hall–Kier alpha value is -2.18. The van der Waals surface area contributed by atoms with Crippen LogP contribution in [0.3, 0.4) is 0 Å². The highest BCUT2D eigenvalue weighted by Crippen LogP contribution is 2.20. The van der Waals surface area contributed by atoms with Crippen LogP contribution in [0.2, 0.25) is 0 Å². The van der Waals surface area contributed by atoms with E-state index >= 15 is 0 Å². The zero-order valence-corrected chi connectivity index (χ0v) is 11.9. The zero-order chi connectivity index (χ0) is 16.2. The van der Waals surface area contributed by atoms with E-state index in [2.05, 4.69) is 5.32 Å². The standard InChI is InChI=1S/C14H17F2NO4/c1-14(2,3)21-13(20)17-11(7-12(18)19)8-4-9(15)6-10(16)5-8/h4-6,11H,7H2,1-3H3,(H,17,20)(H,18,19)/t11-/m0/s1. The monoisotopic (exact) mass is 301 g/mol. The summed E-state index contributed by atoms with van der Waals surface area (Å²) in [5, 5.41) is 11.1. The van der Waals surface area contributed by atoms with E-state index < -0.39 is 41.8 Å². The minimum absolute atomic E-state index is 0.0146. The van der Waals surface area contributed by atoms with Gasteiger partial charge in [-0.15, -0.1) is 0 Å². The second kappa shape index (κ2) is 6.51. The average Bonchev–Trinajstić information content (AvgIpc) is 2.23. The normalized spacial score (nSPS) is 12.6. The van der Waals surface area contributed by atoms with Crippen LogP contribution < -0.4 is 5.32 Å². The maximum atomic E-state index is 13.2. The van der Waals surface area contributed by atoms with Gasteiger partial charge in [-0.25, -0.2) is 13.6 Å². The highest BCUT2D eigenvalue weighted by Gasteiger charge is 2.23. The second-order valence-corrected chi connectivity index (χ2v) is 5.50. The van der Waals surface area contributed by atoms with Gasteiger partial charge in [0.15, 0.2) is 0 Å². The molecule has 0 saturated heterocycles. The van der Waals surface area contributed by atoms with E-state index in [1.165, 1.54) is 0 Å². The fourth-order valence-corrected chi connectivity index (χ4v) is 1.65. The molecule has 0 unspecified atom stereocenters. The van der Waals surface area contributed by atoms with Gasteiger partial charge in [-0.2, -0.15) is 0 Å². The predicted octanol–water partition coefficient (Wildman–Crippen LogP) is 3.01. The van der Waals surface area contributed by atoms with E-state index in [0.717, 1.165) is 12.1 Å². The molecule has 1 atom stereocenters. The number of alkyl carbamates (subject to hydrolysis) is 1. The topological polar surface area (TPSA) is 75.6 Å². The Bertz CT molecular complexity index is 520. The summed E-state index contributed by atoms with van der Waals surface area (Å²) in [5.41, 5.74) is -0.758. The van der Waals surface area contributed by atoms with E-state index in [1.54, 1.807) is 20.8 Å². The van der Waals surface area contributed by atoms with Gasteiger partial charge in [0, 0.05) is 6.07 Å². The molecule has 116 valence electrons. The van der Waals surface area contributed by atoms with E-state index in [-0.39, 0.29) is 5.56 Å². The summed E-state index contributed by atoms with van der Waals surface area (Å²) in [6, 6.07) is 1.50.